The van der Waals surface area contributed by atoms with Crippen LogP contribution in [0.3, 0.4) is 0 Å². The van der Waals surface area contributed by atoms with Crippen molar-refractivity contribution in [1.29, 1.82) is 0 Å². The van der Waals surface area contributed by atoms with Crippen LogP contribution in [-0.4, -0.2) is 44.5 Å². The first-order valence-electron chi connectivity index (χ1n) is 6.24. The van der Waals surface area contributed by atoms with Crippen molar-refractivity contribution in [3.05, 3.63) is 11.8 Å². The molecule has 0 aliphatic carbocycles. The number of carbonyl (C=O) groups excluding carboxylic acids is 1. The van der Waals surface area contributed by atoms with E-state index >= 15 is 0 Å². The summed E-state index contributed by atoms with van der Waals surface area (Å²) in [6.07, 6.45) is -0.712. The Morgan fingerprint density at radius 1 is 1.47 bits per heavy atom. The Balaban J connectivity index is 2.16. The summed E-state index contributed by atoms with van der Waals surface area (Å²) < 4.78 is 10.7. The maximum Gasteiger partial charge on any atom is 0.411 e. The molecule has 0 aromatic carbocycles. The van der Waals surface area contributed by atoms with Gasteiger partial charge in [-0.15, -0.1) is 10.2 Å². The highest BCUT2D eigenvalue weighted by molar-refractivity contribution is 5.69. The Bertz CT molecular complexity index is 466. The van der Waals surface area contributed by atoms with Gasteiger partial charge in [0.1, 0.15) is 11.6 Å². The molecule has 1 N–H and O–H groups in total. The fourth-order valence-corrected chi connectivity index (χ4v) is 2.02. The van der Waals surface area contributed by atoms with Crippen LogP contribution >= 0.6 is 0 Å². The Morgan fingerprint density at radius 3 is 2.68 bits per heavy atom. The molecule has 1 aliphatic heterocycles. The van der Waals surface area contributed by atoms with E-state index in [1.54, 1.807) is 27.7 Å². The van der Waals surface area contributed by atoms with Crippen LogP contribution in [0.25, 0.3) is 0 Å². The summed E-state index contributed by atoms with van der Waals surface area (Å²) in [4.78, 5) is 13.5. The van der Waals surface area contributed by atoms with Crippen LogP contribution in [0.1, 0.15) is 45.0 Å². The first-order chi connectivity index (χ1) is 8.76. The Hall–Kier alpha value is -1.63. The molecule has 1 fully saturated rings. The second-order valence-corrected chi connectivity index (χ2v) is 5.70. The van der Waals surface area contributed by atoms with E-state index in [9.17, 15) is 9.90 Å². The SMILES string of the molecule is Cc1nnc([C@H]2C[C@@H](O)CN2C(=O)OC(C)(C)C)o1. The smallest absolute Gasteiger partial charge is 0.411 e. The molecule has 2 rings (SSSR count). The van der Waals surface area contributed by atoms with Crippen LogP contribution in [0.2, 0.25) is 0 Å². The van der Waals surface area contributed by atoms with Gasteiger partial charge in [0.05, 0.1) is 12.6 Å². The predicted molar refractivity (Wildman–Crippen MR) is 65.3 cm³/mol. The number of β-amino-alcohol motifs (C(OH)–C–C–N with tert-alkyl or cyclic N) is 1. The van der Waals surface area contributed by atoms with Gasteiger partial charge in [0.2, 0.25) is 11.8 Å². The average Bonchev–Trinajstić information content (AvgIpc) is 2.81. The van der Waals surface area contributed by atoms with Gasteiger partial charge < -0.3 is 14.3 Å². The monoisotopic (exact) mass is 269 g/mol. The number of aliphatic hydroxyl groups excluding tert-OH is 1. The summed E-state index contributed by atoms with van der Waals surface area (Å²) in [6, 6.07) is -0.425. The number of aryl methyl sites for hydroxylation is 1. The van der Waals surface area contributed by atoms with Crippen LogP contribution < -0.4 is 0 Å². The van der Waals surface area contributed by atoms with Crippen LogP contribution in [0.5, 0.6) is 0 Å². The van der Waals surface area contributed by atoms with Crippen LogP contribution in [0.15, 0.2) is 4.42 Å². The highest BCUT2D eigenvalue weighted by atomic mass is 16.6. The minimum absolute atomic E-state index is 0.209. The Labute approximate surface area is 111 Å². The van der Waals surface area contributed by atoms with Crippen molar-refractivity contribution in [1.82, 2.24) is 15.1 Å². The lowest BCUT2D eigenvalue weighted by molar-refractivity contribution is 0.0187. The number of ether oxygens (including phenoxy) is 1. The second kappa shape index (κ2) is 4.80. The molecule has 1 aromatic rings. The quantitative estimate of drug-likeness (QED) is 0.829. The van der Waals surface area contributed by atoms with Crippen LogP contribution in [0.4, 0.5) is 4.79 Å². The molecule has 0 bridgehead atoms. The summed E-state index contributed by atoms with van der Waals surface area (Å²) >= 11 is 0. The van der Waals surface area contributed by atoms with Crippen molar-refractivity contribution >= 4 is 6.09 Å². The molecule has 0 unspecified atom stereocenters. The van der Waals surface area contributed by atoms with Crippen molar-refractivity contribution in [2.24, 2.45) is 0 Å². The van der Waals surface area contributed by atoms with Gasteiger partial charge in [0.15, 0.2) is 0 Å². The van der Waals surface area contributed by atoms with Crippen molar-refractivity contribution in [3.63, 3.8) is 0 Å². The zero-order valence-corrected chi connectivity index (χ0v) is 11.6. The number of hydrogen-bond acceptors (Lipinski definition) is 6. The number of likely N-dealkylation sites (tertiary alicyclic amines) is 1. The molecule has 0 radical (unpaired) electrons. The topological polar surface area (TPSA) is 88.7 Å². The molecule has 7 heteroatoms. The maximum absolute atomic E-state index is 12.1. The van der Waals surface area contributed by atoms with E-state index in [0.717, 1.165) is 0 Å². The van der Waals surface area contributed by atoms with Gasteiger partial charge in [-0.2, -0.15) is 0 Å². The van der Waals surface area contributed by atoms with Crippen molar-refractivity contribution in [2.45, 2.75) is 51.9 Å². The second-order valence-electron chi connectivity index (χ2n) is 5.70. The van der Waals surface area contributed by atoms with E-state index in [2.05, 4.69) is 10.2 Å². The molecule has 1 aliphatic rings. The van der Waals surface area contributed by atoms with E-state index in [4.69, 9.17) is 9.15 Å². The highest BCUT2D eigenvalue weighted by Crippen LogP contribution is 2.32. The van der Waals surface area contributed by atoms with Gasteiger partial charge in [0.25, 0.3) is 0 Å². The molecule has 0 spiro atoms. The fraction of sp³-hybridized carbons (Fsp3) is 0.750. The average molecular weight is 269 g/mol. The predicted octanol–water partition coefficient (Wildman–Crippen LogP) is 1.42. The van der Waals surface area contributed by atoms with Crippen LogP contribution in [0, 0.1) is 6.92 Å². The minimum Gasteiger partial charge on any atom is -0.444 e. The standard InChI is InChI=1S/C12H19N3O4/c1-7-13-14-10(18-7)9-5-8(16)6-15(9)11(17)19-12(2,3)4/h8-9,16H,5-6H2,1-4H3/t8-,9-/m1/s1. The van der Waals surface area contributed by atoms with Gasteiger partial charge >= 0.3 is 6.09 Å². The third-order valence-corrected chi connectivity index (χ3v) is 2.73. The first kappa shape index (κ1) is 13.8. The van der Waals surface area contributed by atoms with E-state index in [1.807, 2.05) is 0 Å². The fourth-order valence-electron chi connectivity index (χ4n) is 2.02. The van der Waals surface area contributed by atoms with Crippen molar-refractivity contribution in [2.75, 3.05) is 6.54 Å². The van der Waals surface area contributed by atoms with Crippen molar-refractivity contribution in [3.8, 4) is 0 Å². The van der Waals surface area contributed by atoms with E-state index in [0.29, 0.717) is 18.2 Å². The maximum atomic E-state index is 12.1. The van der Waals surface area contributed by atoms with Gasteiger partial charge in [0, 0.05) is 13.3 Å². The minimum atomic E-state index is -0.607. The molecular formula is C12H19N3O4. The largest absolute Gasteiger partial charge is 0.444 e. The summed E-state index contributed by atoms with van der Waals surface area (Å²) in [5.41, 5.74) is -0.583. The number of aliphatic hydroxyl groups is 1. The number of aromatic nitrogens is 2. The lowest BCUT2D eigenvalue weighted by Crippen LogP contribution is -2.37. The number of hydrogen-bond donors (Lipinski definition) is 1. The molecule has 7 nitrogen and oxygen atoms in total. The molecule has 1 aromatic heterocycles. The van der Waals surface area contributed by atoms with Gasteiger partial charge in [-0.3, -0.25) is 4.90 Å². The van der Waals surface area contributed by atoms with E-state index in [1.165, 1.54) is 4.90 Å². The lowest BCUT2D eigenvalue weighted by Gasteiger charge is -2.26. The number of carbonyl (C=O) groups is 1. The van der Waals surface area contributed by atoms with E-state index in [-0.39, 0.29) is 6.54 Å². The van der Waals surface area contributed by atoms with Crippen molar-refractivity contribution < 1.29 is 19.1 Å². The molecule has 19 heavy (non-hydrogen) atoms. The molecule has 2 heterocycles. The van der Waals surface area contributed by atoms with Gasteiger partial charge in [-0.05, 0) is 20.8 Å². The zero-order chi connectivity index (χ0) is 14.2. The van der Waals surface area contributed by atoms with E-state index < -0.39 is 23.8 Å². The third-order valence-electron chi connectivity index (χ3n) is 2.73. The molecule has 106 valence electrons. The molecular weight excluding hydrogens is 250 g/mol. The van der Waals surface area contributed by atoms with Crippen LogP contribution in [-0.2, 0) is 4.74 Å². The summed E-state index contributed by atoms with van der Waals surface area (Å²) in [5, 5.41) is 17.4. The number of rotatable bonds is 1. The zero-order valence-electron chi connectivity index (χ0n) is 11.6. The molecule has 1 amide bonds. The summed E-state index contributed by atoms with van der Waals surface area (Å²) in [7, 11) is 0. The number of nitrogens with zero attached hydrogens (tertiary/aromatic N) is 3. The lowest BCUT2D eigenvalue weighted by atomic mass is 10.2. The molecule has 2 atom stereocenters. The Morgan fingerprint density at radius 2 is 2.16 bits per heavy atom. The van der Waals surface area contributed by atoms with Gasteiger partial charge in [-0.1, -0.05) is 0 Å². The van der Waals surface area contributed by atoms with Gasteiger partial charge in [-0.25, -0.2) is 4.79 Å². The number of amides is 1. The normalized spacial score (nSPS) is 23.7. The molecule has 1 saturated heterocycles. The summed E-state index contributed by atoms with van der Waals surface area (Å²) in [6.45, 7) is 7.27. The third kappa shape index (κ3) is 3.23. The Kier molecular flexibility index (Phi) is 3.49. The highest BCUT2D eigenvalue weighted by Gasteiger charge is 2.40. The summed E-state index contributed by atoms with van der Waals surface area (Å²) in [5.74, 6) is 0.764. The first-order valence-corrected chi connectivity index (χ1v) is 6.24. The molecule has 0 saturated carbocycles.